The lowest BCUT2D eigenvalue weighted by Crippen LogP contribution is -2.40. The van der Waals surface area contributed by atoms with Gasteiger partial charge in [-0.2, -0.15) is 0 Å². The molecular weight excluding hydrogens is 370 g/mol. The third-order valence-electron chi connectivity index (χ3n) is 5.54. The SMILES string of the molecule is C.CC(C)c1cccc([C@H](C)C2CC2)c1OC(=O)COC(=O)CN1CCOCC1. The standard InChI is InChI=1S/C22H31NO5.CH4/c1-15(2)18-5-4-6-19(16(3)17-7-8-17)22(18)28-21(25)14-27-20(24)13-23-9-11-26-12-10-23;/h4-6,15-17H,7-14H2,1-3H3;1H4/t16-;/m1./s1. The molecule has 1 aliphatic heterocycles. The summed E-state index contributed by atoms with van der Waals surface area (Å²) in [5.41, 5.74) is 2.08. The normalized spacial score (nSPS) is 18.1. The van der Waals surface area contributed by atoms with Gasteiger partial charge in [-0.25, -0.2) is 4.79 Å². The van der Waals surface area contributed by atoms with Crippen molar-refractivity contribution in [1.82, 2.24) is 4.90 Å². The molecule has 1 heterocycles. The number of hydrogen-bond acceptors (Lipinski definition) is 6. The molecule has 1 atom stereocenters. The van der Waals surface area contributed by atoms with E-state index in [2.05, 4.69) is 20.8 Å². The van der Waals surface area contributed by atoms with E-state index in [0.717, 1.165) is 11.1 Å². The first kappa shape index (κ1) is 23.4. The van der Waals surface area contributed by atoms with Gasteiger partial charge in [-0.3, -0.25) is 9.69 Å². The minimum Gasteiger partial charge on any atom is -0.453 e. The van der Waals surface area contributed by atoms with Crippen LogP contribution in [0.4, 0.5) is 0 Å². The van der Waals surface area contributed by atoms with E-state index in [0.29, 0.717) is 43.9 Å². The molecule has 3 rings (SSSR count). The van der Waals surface area contributed by atoms with E-state index < -0.39 is 11.9 Å². The molecule has 1 aliphatic carbocycles. The molecule has 162 valence electrons. The van der Waals surface area contributed by atoms with Gasteiger partial charge in [0.25, 0.3) is 0 Å². The first-order valence-corrected chi connectivity index (χ1v) is 10.2. The van der Waals surface area contributed by atoms with E-state index in [1.807, 2.05) is 23.1 Å². The molecule has 6 heteroatoms. The number of carbonyl (C=O) groups is 2. The molecule has 29 heavy (non-hydrogen) atoms. The molecule has 0 spiro atoms. The van der Waals surface area contributed by atoms with Crippen molar-refractivity contribution in [3.05, 3.63) is 29.3 Å². The van der Waals surface area contributed by atoms with Crippen molar-refractivity contribution in [1.29, 1.82) is 0 Å². The minimum absolute atomic E-state index is 0. The van der Waals surface area contributed by atoms with Crippen LogP contribution >= 0.6 is 0 Å². The number of hydrogen-bond donors (Lipinski definition) is 0. The van der Waals surface area contributed by atoms with Gasteiger partial charge < -0.3 is 14.2 Å². The molecule has 2 aliphatic rings. The largest absolute Gasteiger partial charge is 0.453 e. The summed E-state index contributed by atoms with van der Waals surface area (Å²) in [5, 5.41) is 0. The first-order chi connectivity index (χ1) is 13.5. The molecule has 0 amide bonds. The van der Waals surface area contributed by atoms with Crippen molar-refractivity contribution < 1.29 is 23.8 Å². The highest BCUT2D eigenvalue weighted by Gasteiger charge is 2.32. The van der Waals surface area contributed by atoms with E-state index in [9.17, 15) is 9.59 Å². The first-order valence-electron chi connectivity index (χ1n) is 10.2. The fourth-order valence-electron chi connectivity index (χ4n) is 3.62. The number of nitrogens with zero attached hydrogens (tertiary/aromatic N) is 1. The smallest absolute Gasteiger partial charge is 0.349 e. The number of para-hydroxylation sites is 1. The molecule has 2 fully saturated rings. The van der Waals surface area contributed by atoms with Gasteiger partial charge in [0.05, 0.1) is 19.8 Å². The van der Waals surface area contributed by atoms with Crippen LogP contribution in [0, 0.1) is 5.92 Å². The molecule has 6 nitrogen and oxygen atoms in total. The molecule has 0 unspecified atom stereocenters. The molecule has 0 N–H and O–H groups in total. The van der Waals surface area contributed by atoms with Gasteiger partial charge in [0.15, 0.2) is 6.61 Å². The third-order valence-corrected chi connectivity index (χ3v) is 5.54. The van der Waals surface area contributed by atoms with E-state index in [1.165, 1.54) is 12.8 Å². The van der Waals surface area contributed by atoms with Crippen molar-refractivity contribution in [2.45, 2.75) is 52.9 Å². The fourth-order valence-corrected chi connectivity index (χ4v) is 3.62. The van der Waals surface area contributed by atoms with Crippen molar-refractivity contribution in [2.75, 3.05) is 39.5 Å². The van der Waals surface area contributed by atoms with Gasteiger partial charge in [0.2, 0.25) is 0 Å². The van der Waals surface area contributed by atoms with Gasteiger partial charge in [0.1, 0.15) is 5.75 Å². The average molecular weight is 406 g/mol. The third kappa shape index (κ3) is 6.54. The molecular formula is C23H35NO5. The van der Waals surface area contributed by atoms with E-state index in [4.69, 9.17) is 14.2 Å². The number of benzene rings is 1. The van der Waals surface area contributed by atoms with Crippen LogP contribution in [-0.2, 0) is 19.1 Å². The van der Waals surface area contributed by atoms with Gasteiger partial charge >= 0.3 is 11.9 Å². The minimum atomic E-state index is -0.535. The van der Waals surface area contributed by atoms with Crippen LogP contribution in [0.1, 0.15) is 64.0 Å². The van der Waals surface area contributed by atoms with E-state index in [-0.39, 0.29) is 26.5 Å². The Bertz CT molecular complexity index is 693. The molecule has 0 radical (unpaired) electrons. The van der Waals surface area contributed by atoms with Crippen molar-refractivity contribution in [2.24, 2.45) is 5.92 Å². The molecule has 1 aromatic carbocycles. The predicted molar refractivity (Wildman–Crippen MR) is 112 cm³/mol. The summed E-state index contributed by atoms with van der Waals surface area (Å²) in [6.07, 6.45) is 2.44. The second-order valence-electron chi connectivity index (χ2n) is 8.07. The zero-order valence-electron chi connectivity index (χ0n) is 17.1. The number of morpholine rings is 1. The number of ether oxygens (including phenoxy) is 3. The highest BCUT2D eigenvalue weighted by atomic mass is 16.6. The molecule has 1 saturated heterocycles. The predicted octanol–water partition coefficient (Wildman–Crippen LogP) is 3.74. The van der Waals surface area contributed by atoms with Crippen molar-refractivity contribution in [3.8, 4) is 5.75 Å². The van der Waals surface area contributed by atoms with Gasteiger partial charge in [-0.1, -0.05) is 46.4 Å². The molecule has 0 bridgehead atoms. The number of rotatable bonds is 8. The van der Waals surface area contributed by atoms with Gasteiger partial charge in [-0.05, 0) is 41.7 Å². The van der Waals surface area contributed by atoms with Crippen LogP contribution in [0.2, 0.25) is 0 Å². The maximum absolute atomic E-state index is 12.4. The fraction of sp³-hybridized carbons (Fsp3) is 0.652. The van der Waals surface area contributed by atoms with Crippen LogP contribution in [-0.4, -0.2) is 56.3 Å². The summed E-state index contributed by atoms with van der Waals surface area (Å²) in [5.74, 6) is 0.941. The summed E-state index contributed by atoms with van der Waals surface area (Å²) in [6, 6.07) is 6.08. The summed E-state index contributed by atoms with van der Waals surface area (Å²) in [7, 11) is 0. The average Bonchev–Trinajstić information content (AvgIpc) is 3.52. The van der Waals surface area contributed by atoms with Gasteiger partial charge in [0, 0.05) is 13.1 Å². The summed E-state index contributed by atoms with van der Waals surface area (Å²) in [6.45, 7) is 8.79. The lowest BCUT2D eigenvalue weighted by atomic mass is 9.90. The Morgan fingerprint density at radius 1 is 1.10 bits per heavy atom. The highest BCUT2D eigenvalue weighted by molar-refractivity contribution is 5.79. The molecule has 1 aromatic rings. The monoisotopic (exact) mass is 405 g/mol. The van der Waals surface area contributed by atoms with Crippen LogP contribution < -0.4 is 4.74 Å². The summed E-state index contributed by atoms with van der Waals surface area (Å²) in [4.78, 5) is 26.4. The lowest BCUT2D eigenvalue weighted by molar-refractivity contribution is -0.155. The maximum atomic E-state index is 12.4. The number of esters is 2. The Labute approximate surface area is 174 Å². The zero-order chi connectivity index (χ0) is 20.1. The highest BCUT2D eigenvalue weighted by Crippen LogP contribution is 2.46. The van der Waals surface area contributed by atoms with Crippen LogP contribution in [0.5, 0.6) is 5.75 Å². The van der Waals surface area contributed by atoms with Crippen molar-refractivity contribution >= 4 is 11.9 Å². The molecule has 0 aromatic heterocycles. The van der Waals surface area contributed by atoms with Crippen molar-refractivity contribution in [3.63, 3.8) is 0 Å². The Kier molecular flexibility index (Phi) is 8.65. The molecule has 1 saturated carbocycles. The van der Waals surface area contributed by atoms with Crippen LogP contribution in [0.15, 0.2) is 18.2 Å². The Hall–Kier alpha value is -1.92. The Morgan fingerprint density at radius 2 is 1.76 bits per heavy atom. The quantitative estimate of drug-likeness (QED) is 0.485. The zero-order valence-corrected chi connectivity index (χ0v) is 17.1. The second kappa shape index (κ2) is 10.7. The Balaban J connectivity index is 0.00000300. The van der Waals surface area contributed by atoms with E-state index in [1.54, 1.807) is 0 Å². The maximum Gasteiger partial charge on any atom is 0.349 e. The van der Waals surface area contributed by atoms with Gasteiger partial charge in [-0.15, -0.1) is 0 Å². The topological polar surface area (TPSA) is 65.1 Å². The summed E-state index contributed by atoms with van der Waals surface area (Å²) >= 11 is 0. The van der Waals surface area contributed by atoms with E-state index >= 15 is 0 Å². The second-order valence-corrected chi connectivity index (χ2v) is 8.07. The van der Waals surface area contributed by atoms with Crippen LogP contribution in [0.3, 0.4) is 0 Å². The number of carbonyl (C=O) groups excluding carboxylic acids is 2. The van der Waals surface area contributed by atoms with Crippen LogP contribution in [0.25, 0.3) is 0 Å². The Morgan fingerprint density at radius 3 is 2.38 bits per heavy atom. The summed E-state index contributed by atoms with van der Waals surface area (Å²) < 4.78 is 16.1. The lowest BCUT2D eigenvalue weighted by Gasteiger charge is -2.25.